The van der Waals surface area contributed by atoms with Crippen LogP contribution in [0.1, 0.15) is 13.8 Å². The third-order valence-electron chi connectivity index (χ3n) is 2.17. The third-order valence-corrected chi connectivity index (χ3v) is 2.17. The Hall–Kier alpha value is -1.36. The summed E-state index contributed by atoms with van der Waals surface area (Å²) in [5, 5.41) is 0. The molecule has 0 radical (unpaired) electrons. The number of hydrogen-bond donors (Lipinski definition) is 1. The summed E-state index contributed by atoms with van der Waals surface area (Å²) in [5.41, 5.74) is 6.47. The molecule has 5 nitrogen and oxygen atoms in total. The molecule has 1 rings (SSSR count). The predicted molar refractivity (Wildman–Crippen MR) is 65.4 cm³/mol. The maximum atomic E-state index is 5.86. The summed E-state index contributed by atoms with van der Waals surface area (Å²) in [6.07, 6.45) is 3.15. The largest absolute Gasteiger partial charge is 0.394 e. The van der Waals surface area contributed by atoms with Crippen LogP contribution in [0.25, 0.3) is 0 Å². The van der Waals surface area contributed by atoms with E-state index in [0.29, 0.717) is 18.2 Å². The summed E-state index contributed by atoms with van der Waals surface area (Å²) in [7, 11) is 1.69. The van der Waals surface area contributed by atoms with E-state index in [0.717, 1.165) is 18.9 Å². The minimum Gasteiger partial charge on any atom is -0.394 e. The van der Waals surface area contributed by atoms with Gasteiger partial charge in [0.1, 0.15) is 6.33 Å². The molecule has 0 saturated heterocycles. The maximum Gasteiger partial charge on any atom is 0.155 e. The number of nitrogens with zero attached hydrogens (tertiary/aromatic N) is 3. The second-order valence-corrected chi connectivity index (χ2v) is 4.13. The number of aromatic nitrogens is 2. The van der Waals surface area contributed by atoms with Crippen LogP contribution in [0.5, 0.6) is 0 Å². The Balaban J connectivity index is 2.78. The van der Waals surface area contributed by atoms with Gasteiger partial charge in [0.2, 0.25) is 0 Å². The molecule has 0 spiro atoms. The van der Waals surface area contributed by atoms with Crippen molar-refractivity contribution in [3.05, 3.63) is 12.5 Å². The van der Waals surface area contributed by atoms with E-state index in [2.05, 4.69) is 28.7 Å². The van der Waals surface area contributed by atoms with Crippen molar-refractivity contribution < 1.29 is 4.74 Å². The Morgan fingerprint density at radius 3 is 2.81 bits per heavy atom. The molecule has 5 heteroatoms. The molecule has 0 atom stereocenters. The highest BCUT2D eigenvalue weighted by Crippen LogP contribution is 2.18. The second kappa shape index (κ2) is 6.27. The van der Waals surface area contributed by atoms with Gasteiger partial charge in [0.25, 0.3) is 0 Å². The molecule has 0 amide bonds. The lowest BCUT2D eigenvalue weighted by Crippen LogP contribution is -2.32. The van der Waals surface area contributed by atoms with Gasteiger partial charge in [-0.1, -0.05) is 13.8 Å². The van der Waals surface area contributed by atoms with Crippen molar-refractivity contribution in [1.29, 1.82) is 0 Å². The van der Waals surface area contributed by atoms with Gasteiger partial charge >= 0.3 is 0 Å². The number of nitrogens with two attached hydrogens (primary N) is 1. The van der Waals surface area contributed by atoms with Crippen LogP contribution in [0, 0.1) is 5.92 Å². The molecule has 0 unspecified atom stereocenters. The molecule has 16 heavy (non-hydrogen) atoms. The monoisotopic (exact) mass is 224 g/mol. The Bertz CT molecular complexity index is 317. The molecule has 1 heterocycles. The van der Waals surface area contributed by atoms with Gasteiger partial charge in [-0.3, -0.25) is 0 Å². The first-order chi connectivity index (χ1) is 7.65. The van der Waals surface area contributed by atoms with Crippen LogP contribution in [0.4, 0.5) is 11.5 Å². The van der Waals surface area contributed by atoms with Gasteiger partial charge in [0, 0.05) is 20.2 Å². The van der Waals surface area contributed by atoms with E-state index in [1.165, 1.54) is 6.33 Å². The Kier molecular flexibility index (Phi) is 4.98. The first-order valence-electron chi connectivity index (χ1n) is 5.44. The number of ether oxygens (including phenoxy) is 1. The molecule has 1 aromatic rings. The highest BCUT2D eigenvalue weighted by molar-refractivity contribution is 5.60. The van der Waals surface area contributed by atoms with Crippen molar-refractivity contribution in [1.82, 2.24) is 9.97 Å². The summed E-state index contributed by atoms with van der Waals surface area (Å²) in [6.45, 7) is 6.69. The van der Waals surface area contributed by atoms with Gasteiger partial charge in [-0.2, -0.15) is 0 Å². The van der Waals surface area contributed by atoms with Gasteiger partial charge in [0.05, 0.1) is 18.5 Å². The quantitative estimate of drug-likeness (QED) is 0.785. The van der Waals surface area contributed by atoms with Crippen LogP contribution in [0.3, 0.4) is 0 Å². The summed E-state index contributed by atoms with van der Waals surface area (Å²) in [5.74, 6) is 1.34. The maximum absolute atomic E-state index is 5.86. The lowest BCUT2D eigenvalue weighted by Gasteiger charge is -2.26. The van der Waals surface area contributed by atoms with E-state index in [1.54, 1.807) is 13.3 Å². The van der Waals surface area contributed by atoms with E-state index in [1.807, 2.05) is 0 Å². The first kappa shape index (κ1) is 12.7. The zero-order chi connectivity index (χ0) is 12.0. The van der Waals surface area contributed by atoms with Crippen molar-refractivity contribution >= 4 is 11.5 Å². The van der Waals surface area contributed by atoms with Crippen molar-refractivity contribution in [2.45, 2.75) is 13.8 Å². The molecular formula is C11H20N4O. The zero-order valence-electron chi connectivity index (χ0n) is 10.2. The molecule has 0 fully saturated rings. The molecule has 1 aromatic heterocycles. The minimum atomic E-state index is 0.547. The lowest BCUT2D eigenvalue weighted by atomic mass is 10.2. The third kappa shape index (κ3) is 3.66. The fourth-order valence-electron chi connectivity index (χ4n) is 1.52. The average Bonchev–Trinajstić information content (AvgIpc) is 2.24. The van der Waals surface area contributed by atoms with E-state index < -0.39 is 0 Å². The molecule has 0 bridgehead atoms. The van der Waals surface area contributed by atoms with Crippen molar-refractivity contribution in [3.63, 3.8) is 0 Å². The number of anilines is 2. The fraction of sp³-hybridized carbons (Fsp3) is 0.636. The van der Waals surface area contributed by atoms with Crippen LogP contribution in [0.2, 0.25) is 0 Å². The number of hydrogen-bond acceptors (Lipinski definition) is 5. The highest BCUT2D eigenvalue weighted by atomic mass is 16.5. The van der Waals surface area contributed by atoms with E-state index in [4.69, 9.17) is 10.5 Å². The molecular weight excluding hydrogens is 204 g/mol. The molecule has 0 aliphatic heterocycles. The van der Waals surface area contributed by atoms with Gasteiger partial charge < -0.3 is 15.4 Å². The normalized spacial score (nSPS) is 10.8. The Morgan fingerprint density at radius 1 is 1.50 bits per heavy atom. The molecule has 0 saturated carbocycles. The van der Waals surface area contributed by atoms with Crippen LogP contribution < -0.4 is 10.6 Å². The van der Waals surface area contributed by atoms with Gasteiger partial charge in [-0.05, 0) is 5.92 Å². The fourth-order valence-corrected chi connectivity index (χ4v) is 1.52. The average molecular weight is 224 g/mol. The van der Waals surface area contributed by atoms with Crippen LogP contribution >= 0.6 is 0 Å². The first-order valence-corrected chi connectivity index (χ1v) is 5.44. The smallest absolute Gasteiger partial charge is 0.155 e. The van der Waals surface area contributed by atoms with E-state index in [9.17, 15) is 0 Å². The summed E-state index contributed by atoms with van der Waals surface area (Å²) in [6, 6.07) is 0. The van der Waals surface area contributed by atoms with Crippen molar-refractivity contribution in [2.75, 3.05) is 37.4 Å². The SMILES string of the molecule is COCCN(CC(C)C)c1ncncc1N. The Morgan fingerprint density at radius 2 is 2.25 bits per heavy atom. The van der Waals surface area contributed by atoms with Gasteiger partial charge in [-0.15, -0.1) is 0 Å². The number of rotatable bonds is 6. The number of methoxy groups -OCH3 is 1. The lowest BCUT2D eigenvalue weighted by molar-refractivity contribution is 0.204. The van der Waals surface area contributed by atoms with Crippen molar-refractivity contribution in [3.8, 4) is 0 Å². The van der Waals surface area contributed by atoms with Gasteiger partial charge in [0.15, 0.2) is 5.82 Å². The van der Waals surface area contributed by atoms with E-state index in [-0.39, 0.29) is 0 Å². The summed E-state index contributed by atoms with van der Waals surface area (Å²) >= 11 is 0. The summed E-state index contributed by atoms with van der Waals surface area (Å²) < 4.78 is 5.09. The highest BCUT2D eigenvalue weighted by Gasteiger charge is 2.12. The van der Waals surface area contributed by atoms with Gasteiger partial charge in [-0.25, -0.2) is 9.97 Å². The van der Waals surface area contributed by atoms with E-state index >= 15 is 0 Å². The standard InChI is InChI=1S/C11H20N4O/c1-9(2)7-15(4-5-16-3)11-10(12)6-13-8-14-11/h6,8-9H,4-5,7,12H2,1-3H3. The Labute approximate surface area is 96.6 Å². The topological polar surface area (TPSA) is 64.3 Å². The molecule has 0 aliphatic carbocycles. The molecule has 0 aliphatic rings. The second-order valence-electron chi connectivity index (χ2n) is 4.13. The molecule has 90 valence electrons. The van der Waals surface area contributed by atoms with Crippen LogP contribution in [-0.4, -0.2) is 36.8 Å². The molecule has 0 aromatic carbocycles. The predicted octanol–water partition coefficient (Wildman–Crippen LogP) is 1.17. The molecule has 2 N–H and O–H groups in total. The van der Waals surface area contributed by atoms with Crippen LogP contribution in [-0.2, 0) is 4.74 Å². The minimum absolute atomic E-state index is 0.547. The summed E-state index contributed by atoms with van der Waals surface area (Å²) in [4.78, 5) is 10.2. The number of nitrogen functional groups attached to an aromatic ring is 1. The van der Waals surface area contributed by atoms with Crippen molar-refractivity contribution in [2.24, 2.45) is 5.92 Å². The zero-order valence-corrected chi connectivity index (χ0v) is 10.2. The van der Waals surface area contributed by atoms with Crippen LogP contribution in [0.15, 0.2) is 12.5 Å².